The molecule has 26 heavy (non-hydrogen) atoms. The Bertz CT molecular complexity index is 779. The van der Waals surface area contributed by atoms with Crippen LogP contribution >= 0.6 is 0 Å². The van der Waals surface area contributed by atoms with Crippen molar-refractivity contribution < 1.29 is 18.0 Å². The minimum Gasteiger partial charge on any atom is -0.349 e. The first-order chi connectivity index (χ1) is 12.4. The van der Waals surface area contributed by atoms with E-state index in [0.717, 1.165) is 25.7 Å². The molecule has 1 fully saturated rings. The molecule has 0 aliphatic carbocycles. The number of H-pyrrole nitrogens is 1. The highest BCUT2D eigenvalue weighted by Gasteiger charge is 2.34. The summed E-state index contributed by atoms with van der Waals surface area (Å²) in [7, 11) is 0. The van der Waals surface area contributed by atoms with Crippen molar-refractivity contribution in [1.29, 1.82) is 0 Å². The molecular formula is C18H21F3N4O. The minimum atomic E-state index is -4.49. The number of likely N-dealkylation sites (tertiary alicyclic amines) is 1. The van der Waals surface area contributed by atoms with Crippen LogP contribution in [0.4, 0.5) is 13.2 Å². The molecule has 1 aromatic heterocycles. The second kappa shape index (κ2) is 7.49. The van der Waals surface area contributed by atoms with Crippen LogP contribution < -0.4 is 5.32 Å². The molecular weight excluding hydrogens is 345 g/mol. The molecule has 2 heterocycles. The van der Waals surface area contributed by atoms with Crippen molar-refractivity contribution >= 4 is 5.91 Å². The molecule has 1 aliphatic rings. The average Bonchev–Trinajstić information content (AvgIpc) is 3.23. The summed E-state index contributed by atoms with van der Waals surface area (Å²) in [6.45, 7) is 4.95. The largest absolute Gasteiger partial charge is 0.417 e. The van der Waals surface area contributed by atoms with Gasteiger partial charge in [-0.3, -0.25) is 4.79 Å². The van der Waals surface area contributed by atoms with Gasteiger partial charge in [0, 0.05) is 24.3 Å². The van der Waals surface area contributed by atoms with E-state index in [-0.39, 0.29) is 23.0 Å². The Morgan fingerprint density at radius 1 is 1.27 bits per heavy atom. The third kappa shape index (κ3) is 4.07. The van der Waals surface area contributed by atoms with Gasteiger partial charge in [-0.1, -0.05) is 18.2 Å². The molecule has 0 saturated carbocycles. The Kier molecular flexibility index (Phi) is 5.31. The predicted octanol–water partition coefficient (Wildman–Crippen LogP) is 3.23. The zero-order chi connectivity index (χ0) is 18.7. The van der Waals surface area contributed by atoms with Gasteiger partial charge < -0.3 is 15.2 Å². The molecule has 0 spiro atoms. The van der Waals surface area contributed by atoms with Gasteiger partial charge in [-0.2, -0.15) is 13.2 Å². The summed E-state index contributed by atoms with van der Waals surface area (Å²) in [5, 5.41) is 2.79. The number of amides is 1. The van der Waals surface area contributed by atoms with Crippen LogP contribution in [0.25, 0.3) is 11.4 Å². The first kappa shape index (κ1) is 18.4. The van der Waals surface area contributed by atoms with E-state index < -0.39 is 11.7 Å². The molecule has 1 aromatic carbocycles. The van der Waals surface area contributed by atoms with E-state index in [0.29, 0.717) is 12.2 Å². The van der Waals surface area contributed by atoms with E-state index in [1.807, 2.05) is 0 Å². The fraction of sp³-hybridized carbons (Fsp3) is 0.444. The van der Waals surface area contributed by atoms with Crippen LogP contribution in [0.3, 0.4) is 0 Å². The zero-order valence-electron chi connectivity index (χ0n) is 14.5. The monoisotopic (exact) mass is 366 g/mol. The van der Waals surface area contributed by atoms with Crippen molar-refractivity contribution in [2.75, 3.05) is 26.2 Å². The van der Waals surface area contributed by atoms with Crippen LogP contribution in [0.15, 0.2) is 24.3 Å². The van der Waals surface area contributed by atoms with Crippen molar-refractivity contribution in [2.45, 2.75) is 25.9 Å². The maximum absolute atomic E-state index is 13.2. The molecule has 140 valence electrons. The summed E-state index contributed by atoms with van der Waals surface area (Å²) in [5.41, 5.74) is -0.289. The molecule has 0 unspecified atom stereocenters. The molecule has 0 radical (unpaired) electrons. The first-order valence-corrected chi connectivity index (χ1v) is 8.60. The normalized spacial score (nSPS) is 15.4. The van der Waals surface area contributed by atoms with Gasteiger partial charge in [0.05, 0.1) is 5.56 Å². The quantitative estimate of drug-likeness (QED) is 0.854. The number of benzene rings is 1. The van der Waals surface area contributed by atoms with Gasteiger partial charge >= 0.3 is 6.18 Å². The lowest BCUT2D eigenvalue weighted by molar-refractivity contribution is -0.137. The Labute approximate surface area is 149 Å². The summed E-state index contributed by atoms with van der Waals surface area (Å²) >= 11 is 0. The van der Waals surface area contributed by atoms with Crippen molar-refractivity contribution in [3.8, 4) is 11.4 Å². The lowest BCUT2D eigenvalue weighted by Gasteiger charge is -2.14. The number of nitrogens with zero attached hydrogens (tertiary/aromatic N) is 2. The van der Waals surface area contributed by atoms with Gasteiger partial charge in [0.25, 0.3) is 5.91 Å². The van der Waals surface area contributed by atoms with Crippen molar-refractivity contribution in [2.24, 2.45) is 0 Å². The number of nitrogens with one attached hydrogen (secondary N) is 2. The van der Waals surface area contributed by atoms with Crippen molar-refractivity contribution in [3.05, 3.63) is 41.2 Å². The number of carbonyl (C=O) groups is 1. The van der Waals surface area contributed by atoms with E-state index in [1.54, 1.807) is 6.92 Å². The van der Waals surface area contributed by atoms with Crippen LogP contribution in [0, 0.1) is 6.92 Å². The number of alkyl halides is 3. The van der Waals surface area contributed by atoms with Crippen LogP contribution in [-0.2, 0) is 6.18 Å². The third-order valence-electron chi connectivity index (χ3n) is 4.50. The molecule has 3 rings (SSSR count). The average molecular weight is 366 g/mol. The van der Waals surface area contributed by atoms with Crippen molar-refractivity contribution in [1.82, 2.24) is 20.2 Å². The molecule has 1 amide bonds. The number of aromatic nitrogens is 2. The highest BCUT2D eigenvalue weighted by molar-refractivity contribution is 5.94. The molecule has 8 heteroatoms. The van der Waals surface area contributed by atoms with Crippen LogP contribution in [0.5, 0.6) is 0 Å². The number of hydrogen-bond acceptors (Lipinski definition) is 3. The lowest BCUT2D eigenvalue weighted by atomic mass is 10.1. The number of imidazole rings is 1. The molecule has 0 bridgehead atoms. The molecule has 5 nitrogen and oxygen atoms in total. The summed E-state index contributed by atoms with van der Waals surface area (Å²) in [6.07, 6.45) is -2.14. The molecule has 1 aliphatic heterocycles. The number of carbonyl (C=O) groups excluding carboxylic acids is 1. The van der Waals surface area contributed by atoms with Crippen molar-refractivity contribution in [3.63, 3.8) is 0 Å². The molecule has 2 aromatic rings. The first-order valence-electron chi connectivity index (χ1n) is 8.60. The Morgan fingerprint density at radius 3 is 2.65 bits per heavy atom. The Hall–Kier alpha value is -2.35. The number of rotatable bonds is 5. The minimum absolute atomic E-state index is 0.0418. The smallest absolute Gasteiger partial charge is 0.349 e. The second-order valence-electron chi connectivity index (χ2n) is 6.41. The highest BCUT2D eigenvalue weighted by atomic mass is 19.4. The number of hydrogen-bond donors (Lipinski definition) is 2. The predicted molar refractivity (Wildman–Crippen MR) is 91.8 cm³/mol. The Morgan fingerprint density at radius 2 is 1.96 bits per heavy atom. The van der Waals surface area contributed by atoms with Gasteiger partial charge in [0.15, 0.2) is 0 Å². The molecule has 0 atom stereocenters. The van der Waals surface area contributed by atoms with E-state index in [1.165, 1.54) is 31.0 Å². The van der Waals surface area contributed by atoms with Gasteiger partial charge in [-0.25, -0.2) is 4.98 Å². The van der Waals surface area contributed by atoms with E-state index in [2.05, 4.69) is 20.2 Å². The Balaban J connectivity index is 1.74. The third-order valence-corrected chi connectivity index (χ3v) is 4.50. The number of halogens is 3. The van der Waals surface area contributed by atoms with Crippen LogP contribution in [0.1, 0.15) is 34.6 Å². The zero-order valence-corrected chi connectivity index (χ0v) is 14.5. The van der Waals surface area contributed by atoms with E-state index in [4.69, 9.17) is 0 Å². The van der Waals surface area contributed by atoms with E-state index >= 15 is 0 Å². The maximum Gasteiger partial charge on any atom is 0.417 e. The maximum atomic E-state index is 13.2. The highest BCUT2D eigenvalue weighted by Crippen LogP contribution is 2.36. The number of aryl methyl sites for hydroxylation is 1. The van der Waals surface area contributed by atoms with E-state index in [9.17, 15) is 18.0 Å². The summed E-state index contributed by atoms with van der Waals surface area (Å²) in [6, 6.07) is 5.19. The SMILES string of the molecule is Cc1[nH]c(-c2ccccc2C(F)(F)F)nc1C(=O)NCCN1CCCC1. The number of aromatic amines is 1. The summed E-state index contributed by atoms with van der Waals surface area (Å²) < 4.78 is 39.6. The lowest BCUT2D eigenvalue weighted by Crippen LogP contribution is -2.33. The van der Waals surface area contributed by atoms with Gasteiger partial charge in [0.1, 0.15) is 11.5 Å². The molecule has 2 N–H and O–H groups in total. The van der Waals surface area contributed by atoms with Gasteiger partial charge in [0.2, 0.25) is 0 Å². The van der Waals surface area contributed by atoms with Crippen LogP contribution in [0.2, 0.25) is 0 Å². The fourth-order valence-electron chi connectivity index (χ4n) is 3.16. The standard InChI is InChI=1S/C18H21F3N4O/c1-12-15(17(26)22-8-11-25-9-4-5-10-25)24-16(23-12)13-6-2-3-7-14(13)18(19,20)21/h2-3,6-7H,4-5,8-11H2,1H3,(H,22,26)(H,23,24). The summed E-state index contributed by atoms with van der Waals surface area (Å²) in [4.78, 5) is 21.5. The summed E-state index contributed by atoms with van der Waals surface area (Å²) in [5.74, 6) is -0.339. The molecule has 1 saturated heterocycles. The van der Waals surface area contributed by atoms with Crippen LogP contribution in [-0.4, -0.2) is 47.0 Å². The van der Waals surface area contributed by atoms with Gasteiger partial charge in [-0.05, 0) is 38.9 Å². The van der Waals surface area contributed by atoms with Gasteiger partial charge in [-0.15, -0.1) is 0 Å². The fourth-order valence-corrected chi connectivity index (χ4v) is 3.16. The topological polar surface area (TPSA) is 61.0 Å². The second-order valence-corrected chi connectivity index (χ2v) is 6.41.